The van der Waals surface area contributed by atoms with E-state index < -0.39 is 17.7 Å². The normalized spacial score (nSPS) is 10.4. The highest BCUT2D eigenvalue weighted by molar-refractivity contribution is 6.39. The molecule has 2 aromatic carbocycles. The molecule has 0 aliphatic rings. The Morgan fingerprint density at radius 1 is 0.963 bits per heavy atom. The number of anilines is 2. The standard InChI is InChI=1S/C19H17N5O3/c1-13(11-17(25)22-16-10-6-5-7-14(16)12-20)23-24-19(27)18(26)21-15-8-3-2-4-9-15/h2-10H,11H2,1H3,(H,21,26)(H,22,25)(H,24,27)/b23-13+. The van der Waals surface area contributed by atoms with Gasteiger partial charge in [0.15, 0.2) is 0 Å². The van der Waals surface area contributed by atoms with E-state index in [1.54, 1.807) is 54.6 Å². The van der Waals surface area contributed by atoms with Gasteiger partial charge in [-0.3, -0.25) is 14.4 Å². The predicted molar refractivity (Wildman–Crippen MR) is 101 cm³/mol. The van der Waals surface area contributed by atoms with Crippen molar-refractivity contribution in [3.05, 3.63) is 60.2 Å². The van der Waals surface area contributed by atoms with E-state index in [9.17, 15) is 14.4 Å². The Balaban J connectivity index is 1.86. The van der Waals surface area contributed by atoms with Gasteiger partial charge >= 0.3 is 11.8 Å². The van der Waals surface area contributed by atoms with Gasteiger partial charge < -0.3 is 10.6 Å². The molecule has 0 aromatic heterocycles. The number of nitriles is 1. The number of amides is 3. The summed E-state index contributed by atoms with van der Waals surface area (Å²) in [6, 6.07) is 17.1. The minimum absolute atomic E-state index is 0.111. The van der Waals surface area contributed by atoms with Crippen molar-refractivity contribution in [2.45, 2.75) is 13.3 Å². The van der Waals surface area contributed by atoms with Crippen LogP contribution in [0.5, 0.6) is 0 Å². The second kappa shape index (κ2) is 9.48. The lowest BCUT2D eigenvalue weighted by Crippen LogP contribution is -2.33. The molecule has 3 N–H and O–H groups in total. The highest BCUT2D eigenvalue weighted by Gasteiger charge is 2.13. The van der Waals surface area contributed by atoms with Gasteiger partial charge in [-0.15, -0.1) is 0 Å². The summed E-state index contributed by atoms with van der Waals surface area (Å²) in [5, 5.41) is 17.8. The summed E-state index contributed by atoms with van der Waals surface area (Å²) < 4.78 is 0. The van der Waals surface area contributed by atoms with E-state index in [1.807, 2.05) is 6.07 Å². The monoisotopic (exact) mass is 363 g/mol. The summed E-state index contributed by atoms with van der Waals surface area (Å²) in [6.07, 6.45) is -0.111. The van der Waals surface area contributed by atoms with Crippen LogP contribution in [0.1, 0.15) is 18.9 Å². The summed E-state index contributed by atoms with van der Waals surface area (Å²) in [5.74, 6) is -2.22. The summed E-state index contributed by atoms with van der Waals surface area (Å²) in [5.41, 5.74) is 3.61. The van der Waals surface area contributed by atoms with Gasteiger partial charge in [0.05, 0.1) is 17.7 Å². The summed E-state index contributed by atoms with van der Waals surface area (Å²) in [7, 11) is 0. The van der Waals surface area contributed by atoms with Crippen LogP contribution in [0, 0.1) is 11.3 Å². The molecule has 8 heteroatoms. The van der Waals surface area contributed by atoms with Crippen LogP contribution in [0.2, 0.25) is 0 Å². The molecule has 2 rings (SSSR count). The first kappa shape index (κ1) is 19.3. The van der Waals surface area contributed by atoms with Gasteiger partial charge in [0.25, 0.3) is 0 Å². The first-order chi connectivity index (χ1) is 13.0. The predicted octanol–water partition coefficient (Wildman–Crippen LogP) is 2.02. The Labute approximate surface area is 155 Å². The smallest absolute Gasteiger partial charge is 0.325 e. The maximum absolute atomic E-state index is 12.0. The second-order valence-electron chi connectivity index (χ2n) is 5.49. The van der Waals surface area contributed by atoms with E-state index in [1.165, 1.54) is 6.92 Å². The van der Waals surface area contributed by atoms with E-state index in [4.69, 9.17) is 5.26 Å². The molecule has 0 saturated heterocycles. The van der Waals surface area contributed by atoms with Gasteiger partial charge in [-0.05, 0) is 31.2 Å². The van der Waals surface area contributed by atoms with Gasteiger partial charge in [-0.2, -0.15) is 10.4 Å². The third kappa shape index (κ3) is 6.10. The molecule has 0 bridgehead atoms. The number of hydrogen-bond donors (Lipinski definition) is 3. The average Bonchev–Trinajstić information content (AvgIpc) is 2.67. The Morgan fingerprint density at radius 2 is 1.63 bits per heavy atom. The second-order valence-corrected chi connectivity index (χ2v) is 5.49. The molecule has 3 amide bonds. The first-order valence-electron chi connectivity index (χ1n) is 7.98. The van der Waals surface area contributed by atoms with Crippen LogP contribution in [0.25, 0.3) is 0 Å². The third-order valence-corrected chi connectivity index (χ3v) is 3.32. The van der Waals surface area contributed by atoms with Crippen molar-refractivity contribution in [2.24, 2.45) is 5.10 Å². The maximum Gasteiger partial charge on any atom is 0.329 e. The molecule has 0 fully saturated rings. The number of para-hydroxylation sites is 2. The zero-order valence-corrected chi connectivity index (χ0v) is 14.5. The molecule has 0 radical (unpaired) electrons. The van der Waals surface area contributed by atoms with E-state index in [0.29, 0.717) is 22.6 Å². The van der Waals surface area contributed by atoms with Gasteiger partial charge in [0.2, 0.25) is 5.91 Å². The molecule has 136 valence electrons. The van der Waals surface area contributed by atoms with Crippen molar-refractivity contribution in [1.29, 1.82) is 5.26 Å². The van der Waals surface area contributed by atoms with Gasteiger partial charge in [0, 0.05) is 11.4 Å². The van der Waals surface area contributed by atoms with Crippen molar-refractivity contribution in [2.75, 3.05) is 10.6 Å². The highest BCUT2D eigenvalue weighted by atomic mass is 16.2. The fourth-order valence-corrected chi connectivity index (χ4v) is 2.06. The number of nitrogens with one attached hydrogen (secondary N) is 3. The molecule has 8 nitrogen and oxygen atoms in total. The van der Waals surface area contributed by atoms with Gasteiger partial charge in [-0.25, -0.2) is 5.43 Å². The van der Waals surface area contributed by atoms with E-state index in [2.05, 4.69) is 21.2 Å². The average molecular weight is 363 g/mol. The molecular formula is C19H17N5O3. The molecule has 0 spiro atoms. The van der Waals surface area contributed by atoms with Crippen molar-refractivity contribution < 1.29 is 14.4 Å². The van der Waals surface area contributed by atoms with Crippen molar-refractivity contribution >= 4 is 34.8 Å². The van der Waals surface area contributed by atoms with Crippen LogP contribution in [-0.4, -0.2) is 23.4 Å². The molecule has 2 aromatic rings. The van der Waals surface area contributed by atoms with Crippen LogP contribution in [-0.2, 0) is 14.4 Å². The number of nitrogens with zero attached hydrogens (tertiary/aromatic N) is 2. The Morgan fingerprint density at radius 3 is 2.33 bits per heavy atom. The number of carbonyl (C=O) groups excluding carboxylic acids is 3. The van der Waals surface area contributed by atoms with Crippen LogP contribution >= 0.6 is 0 Å². The number of rotatable bonds is 5. The van der Waals surface area contributed by atoms with Crippen molar-refractivity contribution in [3.63, 3.8) is 0 Å². The lowest BCUT2D eigenvalue weighted by Gasteiger charge is -2.07. The minimum Gasteiger partial charge on any atom is -0.325 e. The third-order valence-electron chi connectivity index (χ3n) is 3.32. The van der Waals surface area contributed by atoms with Crippen LogP contribution in [0.4, 0.5) is 11.4 Å². The molecule has 0 unspecified atom stereocenters. The SMILES string of the molecule is C/C(CC(=O)Nc1ccccc1C#N)=N\NC(=O)C(=O)Nc1ccccc1. The number of hydrazone groups is 1. The minimum atomic E-state index is -0.951. The zero-order valence-electron chi connectivity index (χ0n) is 14.5. The molecule has 0 saturated carbocycles. The lowest BCUT2D eigenvalue weighted by molar-refractivity contribution is -0.136. The quantitative estimate of drug-likeness (QED) is 0.427. The zero-order chi connectivity index (χ0) is 19.6. The molecular weight excluding hydrogens is 346 g/mol. The van der Waals surface area contributed by atoms with Gasteiger partial charge in [0.1, 0.15) is 6.07 Å². The molecule has 0 atom stereocenters. The van der Waals surface area contributed by atoms with Crippen molar-refractivity contribution in [3.8, 4) is 6.07 Å². The molecule has 0 heterocycles. The molecule has 27 heavy (non-hydrogen) atoms. The topological polar surface area (TPSA) is 123 Å². The van der Waals surface area contributed by atoms with Crippen LogP contribution in [0.3, 0.4) is 0 Å². The van der Waals surface area contributed by atoms with Crippen LogP contribution in [0.15, 0.2) is 59.7 Å². The Hall–Kier alpha value is -3.99. The molecule has 0 aliphatic carbocycles. The summed E-state index contributed by atoms with van der Waals surface area (Å²) in [4.78, 5) is 35.5. The fraction of sp³-hybridized carbons (Fsp3) is 0.105. The van der Waals surface area contributed by atoms with Crippen molar-refractivity contribution in [1.82, 2.24) is 5.43 Å². The summed E-state index contributed by atoms with van der Waals surface area (Å²) >= 11 is 0. The fourth-order valence-electron chi connectivity index (χ4n) is 2.06. The highest BCUT2D eigenvalue weighted by Crippen LogP contribution is 2.13. The number of carbonyl (C=O) groups is 3. The lowest BCUT2D eigenvalue weighted by atomic mass is 10.2. The van der Waals surface area contributed by atoms with E-state index in [-0.39, 0.29) is 6.42 Å². The summed E-state index contributed by atoms with van der Waals surface area (Å²) in [6.45, 7) is 1.53. The van der Waals surface area contributed by atoms with Crippen LogP contribution < -0.4 is 16.1 Å². The maximum atomic E-state index is 12.0. The van der Waals surface area contributed by atoms with E-state index in [0.717, 1.165) is 0 Å². The Kier molecular flexibility index (Phi) is 6.79. The first-order valence-corrected chi connectivity index (χ1v) is 7.98. The molecule has 0 aliphatic heterocycles. The number of hydrogen-bond acceptors (Lipinski definition) is 5. The Bertz CT molecular complexity index is 916. The number of benzene rings is 2. The van der Waals surface area contributed by atoms with E-state index >= 15 is 0 Å². The van der Waals surface area contributed by atoms with Gasteiger partial charge in [-0.1, -0.05) is 30.3 Å². The largest absolute Gasteiger partial charge is 0.329 e.